The molecule has 0 unspecified atom stereocenters. The Morgan fingerprint density at radius 1 is 1.18 bits per heavy atom. The second-order valence-corrected chi connectivity index (χ2v) is 6.96. The molecule has 1 aromatic rings. The van der Waals surface area contributed by atoms with Gasteiger partial charge in [-0.1, -0.05) is 12.1 Å². The summed E-state index contributed by atoms with van der Waals surface area (Å²) in [5.74, 6) is 0. The Morgan fingerprint density at radius 3 is 2.47 bits per heavy atom. The summed E-state index contributed by atoms with van der Waals surface area (Å²) in [6.45, 7) is 5.40. The van der Waals surface area contributed by atoms with Gasteiger partial charge in [-0.25, -0.2) is 8.42 Å². The maximum atomic E-state index is 12.5. The normalized spacial score (nSPS) is 18.2. The summed E-state index contributed by atoms with van der Waals surface area (Å²) in [5.41, 5.74) is 1.86. The van der Waals surface area contributed by atoms with Gasteiger partial charge in [-0.2, -0.15) is 0 Å². The van der Waals surface area contributed by atoms with Gasteiger partial charge in [0.1, 0.15) is 0 Å². The molecular weight excluding hydrogens is 234 g/mol. The van der Waals surface area contributed by atoms with E-state index in [2.05, 4.69) is 5.32 Å². The Hall–Kier alpha value is -0.870. The lowest BCUT2D eigenvalue weighted by molar-refractivity contribution is 0.496. The molecule has 17 heavy (non-hydrogen) atoms. The lowest BCUT2D eigenvalue weighted by atomic mass is 10.2. The van der Waals surface area contributed by atoms with E-state index in [4.69, 9.17) is 0 Å². The highest BCUT2D eigenvalue weighted by Gasteiger charge is 2.29. The Kier molecular flexibility index (Phi) is 3.54. The molecule has 1 aromatic carbocycles. The summed E-state index contributed by atoms with van der Waals surface area (Å²) in [5, 5.41) is 2.98. The summed E-state index contributed by atoms with van der Waals surface area (Å²) in [7, 11) is -3.16. The van der Waals surface area contributed by atoms with Gasteiger partial charge >= 0.3 is 0 Å². The molecule has 0 radical (unpaired) electrons. The first-order chi connectivity index (χ1) is 8.01. The molecule has 3 nitrogen and oxygen atoms in total. The average Bonchev–Trinajstić information content (AvgIpc) is 2.33. The number of piperidine rings is 1. The largest absolute Gasteiger partial charge is 0.317 e. The zero-order valence-corrected chi connectivity index (χ0v) is 11.2. The third kappa shape index (κ3) is 2.53. The van der Waals surface area contributed by atoms with Crippen molar-refractivity contribution in [1.82, 2.24) is 5.32 Å². The Bertz CT molecular complexity index is 502. The summed E-state index contributed by atoms with van der Waals surface area (Å²) in [4.78, 5) is 0.518. The van der Waals surface area contributed by atoms with Crippen LogP contribution in [0.15, 0.2) is 23.1 Å². The zero-order valence-electron chi connectivity index (χ0n) is 10.4. The molecule has 1 heterocycles. The van der Waals surface area contributed by atoms with Gasteiger partial charge in [-0.3, -0.25) is 0 Å². The molecule has 0 atom stereocenters. The highest BCUT2D eigenvalue weighted by Crippen LogP contribution is 2.25. The lowest BCUT2D eigenvalue weighted by Gasteiger charge is -2.23. The van der Waals surface area contributed by atoms with Crippen LogP contribution in [-0.2, 0) is 9.84 Å². The number of sulfone groups is 1. The average molecular weight is 253 g/mol. The highest BCUT2D eigenvalue weighted by molar-refractivity contribution is 7.92. The fourth-order valence-electron chi connectivity index (χ4n) is 2.30. The van der Waals surface area contributed by atoms with Crippen LogP contribution < -0.4 is 5.32 Å². The fraction of sp³-hybridized carbons (Fsp3) is 0.538. The fourth-order valence-corrected chi connectivity index (χ4v) is 4.38. The summed E-state index contributed by atoms with van der Waals surface area (Å²) in [6.07, 6.45) is 1.44. The Morgan fingerprint density at radius 2 is 1.82 bits per heavy atom. The van der Waals surface area contributed by atoms with Crippen LogP contribution in [0.25, 0.3) is 0 Å². The number of benzene rings is 1. The molecular formula is C13H19NO2S. The minimum atomic E-state index is -3.16. The number of hydrogen-bond acceptors (Lipinski definition) is 3. The molecule has 1 saturated heterocycles. The van der Waals surface area contributed by atoms with Crippen LogP contribution in [0.2, 0.25) is 0 Å². The second kappa shape index (κ2) is 4.78. The summed E-state index contributed by atoms with van der Waals surface area (Å²) in [6, 6.07) is 5.65. The van der Waals surface area contributed by atoms with Gasteiger partial charge in [-0.15, -0.1) is 0 Å². The van der Waals surface area contributed by atoms with Crippen LogP contribution in [0.1, 0.15) is 24.0 Å². The van der Waals surface area contributed by atoms with Crippen molar-refractivity contribution in [2.24, 2.45) is 0 Å². The maximum absolute atomic E-state index is 12.5. The molecule has 2 rings (SSSR count). The van der Waals surface area contributed by atoms with E-state index in [1.807, 2.05) is 26.0 Å². The minimum Gasteiger partial charge on any atom is -0.317 e. The Labute approximate surface area is 103 Å². The molecule has 1 fully saturated rings. The maximum Gasteiger partial charge on any atom is 0.181 e. The first-order valence-electron chi connectivity index (χ1n) is 6.03. The highest BCUT2D eigenvalue weighted by atomic mass is 32.2. The van der Waals surface area contributed by atoms with E-state index in [9.17, 15) is 8.42 Å². The summed E-state index contributed by atoms with van der Waals surface area (Å²) < 4.78 is 25.1. The van der Waals surface area contributed by atoms with Crippen molar-refractivity contribution in [3.8, 4) is 0 Å². The van der Waals surface area contributed by atoms with Crippen LogP contribution in [0.3, 0.4) is 0 Å². The smallest absolute Gasteiger partial charge is 0.181 e. The molecule has 0 saturated carbocycles. The number of hydrogen-bond donors (Lipinski definition) is 1. The molecule has 4 heteroatoms. The van der Waals surface area contributed by atoms with Crippen molar-refractivity contribution < 1.29 is 8.42 Å². The van der Waals surface area contributed by atoms with E-state index in [-0.39, 0.29) is 5.25 Å². The topological polar surface area (TPSA) is 46.2 Å². The third-order valence-electron chi connectivity index (χ3n) is 3.38. The molecule has 0 spiro atoms. The summed E-state index contributed by atoms with van der Waals surface area (Å²) >= 11 is 0. The molecule has 1 N–H and O–H groups in total. The van der Waals surface area contributed by atoms with Crippen LogP contribution in [0.4, 0.5) is 0 Å². The second-order valence-electron chi connectivity index (χ2n) is 4.76. The van der Waals surface area contributed by atoms with Gasteiger partial charge in [0.2, 0.25) is 0 Å². The molecule has 0 aromatic heterocycles. The van der Waals surface area contributed by atoms with Gasteiger partial charge in [-0.05, 0) is 57.0 Å². The lowest BCUT2D eigenvalue weighted by Crippen LogP contribution is -2.36. The van der Waals surface area contributed by atoms with Gasteiger partial charge in [0.05, 0.1) is 10.1 Å². The molecule has 0 bridgehead atoms. The van der Waals surface area contributed by atoms with E-state index in [1.54, 1.807) is 6.07 Å². The van der Waals surface area contributed by atoms with Gasteiger partial charge in [0, 0.05) is 0 Å². The zero-order chi connectivity index (χ0) is 12.5. The Balaban J connectivity index is 2.40. The molecule has 0 amide bonds. The van der Waals surface area contributed by atoms with Gasteiger partial charge in [0.15, 0.2) is 9.84 Å². The first-order valence-corrected chi connectivity index (χ1v) is 7.58. The van der Waals surface area contributed by atoms with Crippen LogP contribution >= 0.6 is 0 Å². The van der Waals surface area contributed by atoms with E-state index in [1.165, 1.54) is 0 Å². The third-order valence-corrected chi connectivity index (χ3v) is 5.78. The van der Waals surface area contributed by atoms with E-state index in [0.29, 0.717) is 4.90 Å². The van der Waals surface area contributed by atoms with Gasteiger partial charge in [0.25, 0.3) is 0 Å². The van der Waals surface area contributed by atoms with E-state index < -0.39 is 9.84 Å². The molecule has 94 valence electrons. The predicted molar refractivity (Wildman–Crippen MR) is 69.0 cm³/mol. The number of nitrogens with one attached hydrogen (secondary N) is 1. The van der Waals surface area contributed by atoms with Gasteiger partial charge < -0.3 is 5.32 Å². The minimum absolute atomic E-state index is 0.218. The molecule has 1 aliphatic heterocycles. The van der Waals surface area contributed by atoms with Crippen molar-refractivity contribution in [3.63, 3.8) is 0 Å². The van der Waals surface area contributed by atoms with Crippen molar-refractivity contribution in [1.29, 1.82) is 0 Å². The predicted octanol–water partition coefficient (Wildman–Crippen LogP) is 1.83. The molecule has 1 aliphatic rings. The quantitative estimate of drug-likeness (QED) is 0.874. The van der Waals surface area contributed by atoms with E-state index >= 15 is 0 Å². The standard InChI is InChI=1S/C13H19NO2S/c1-10-3-4-11(2)13(9-10)17(15,16)12-5-7-14-8-6-12/h3-4,9,12,14H,5-8H2,1-2H3. The monoisotopic (exact) mass is 253 g/mol. The number of rotatable bonds is 2. The number of aryl methyl sites for hydroxylation is 2. The van der Waals surface area contributed by atoms with Crippen molar-refractivity contribution >= 4 is 9.84 Å². The first kappa shape index (κ1) is 12.6. The van der Waals surface area contributed by atoms with Crippen molar-refractivity contribution in [2.75, 3.05) is 13.1 Å². The van der Waals surface area contributed by atoms with Crippen molar-refractivity contribution in [3.05, 3.63) is 29.3 Å². The molecule has 0 aliphatic carbocycles. The SMILES string of the molecule is Cc1ccc(C)c(S(=O)(=O)C2CCNCC2)c1. The van der Waals surface area contributed by atoms with E-state index in [0.717, 1.165) is 37.1 Å². The van der Waals surface area contributed by atoms with Crippen LogP contribution in [0.5, 0.6) is 0 Å². The van der Waals surface area contributed by atoms with Crippen LogP contribution in [-0.4, -0.2) is 26.8 Å². The van der Waals surface area contributed by atoms with Crippen LogP contribution in [0, 0.1) is 13.8 Å². The van der Waals surface area contributed by atoms with Crippen molar-refractivity contribution in [2.45, 2.75) is 36.8 Å².